The van der Waals surface area contributed by atoms with Crippen molar-refractivity contribution in [3.63, 3.8) is 0 Å². The van der Waals surface area contributed by atoms with E-state index in [0.717, 1.165) is 11.1 Å². The second kappa shape index (κ2) is 5.16. The van der Waals surface area contributed by atoms with Gasteiger partial charge in [-0.3, -0.25) is 0 Å². The summed E-state index contributed by atoms with van der Waals surface area (Å²) in [6.45, 7) is 6.40. The molecule has 4 nitrogen and oxygen atoms in total. The Balaban J connectivity index is 2.87. The quantitative estimate of drug-likeness (QED) is 0.887. The Bertz CT molecular complexity index is 507. The van der Waals surface area contributed by atoms with Crippen molar-refractivity contribution in [3.05, 3.63) is 34.4 Å². The molecule has 0 radical (unpaired) electrons. The third-order valence-corrected chi connectivity index (χ3v) is 4.35. The fraction of sp³-hybridized carbons (Fsp3) is 0.500. The van der Waals surface area contributed by atoms with Crippen LogP contribution in [0.1, 0.15) is 22.3 Å². The molecule has 1 aromatic carbocycles. The van der Waals surface area contributed by atoms with Gasteiger partial charge in [-0.2, -0.15) is 17.4 Å². The van der Waals surface area contributed by atoms with Crippen LogP contribution in [0.2, 0.25) is 0 Å². The zero-order valence-electron chi connectivity index (χ0n) is 11.0. The van der Waals surface area contributed by atoms with E-state index >= 15 is 0 Å². The second-order valence-corrected chi connectivity index (χ2v) is 6.44. The molecule has 0 saturated carbocycles. The van der Waals surface area contributed by atoms with Gasteiger partial charge in [0, 0.05) is 20.6 Å². The number of benzene rings is 1. The Hall–Kier alpha value is -0.910. The van der Waals surface area contributed by atoms with Crippen molar-refractivity contribution >= 4 is 10.2 Å². The van der Waals surface area contributed by atoms with Gasteiger partial charge < -0.3 is 0 Å². The number of hydrogen-bond acceptors (Lipinski definition) is 2. The SMILES string of the molecule is Cc1cc(C)c(CNS(=O)(=O)N(C)C)cc1C. The molecular weight excluding hydrogens is 236 g/mol. The molecule has 0 saturated heterocycles. The summed E-state index contributed by atoms with van der Waals surface area (Å²) in [5, 5.41) is 0. The average molecular weight is 256 g/mol. The zero-order valence-corrected chi connectivity index (χ0v) is 11.9. The van der Waals surface area contributed by atoms with Crippen molar-refractivity contribution in [2.45, 2.75) is 27.3 Å². The molecule has 0 amide bonds. The van der Waals surface area contributed by atoms with Gasteiger partial charge in [0.1, 0.15) is 0 Å². The molecule has 0 atom stereocenters. The lowest BCUT2D eigenvalue weighted by molar-refractivity contribution is 0.505. The third kappa shape index (κ3) is 3.52. The maximum Gasteiger partial charge on any atom is 0.279 e. The number of nitrogens with one attached hydrogen (secondary N) is 1. The fourth-order valence-corrected chi connectivity index (χ4v) is 2.10. The summed E-state index contributed by atoms with van der Waals surface area (Å²) >= 11 is 0. The number of rotatable bonds is 4. The molecule has 0 aliphatic carbocycles. The van der Waals surface area contributed by atoms with Gasteiger partial charge in [0.25, 0.3) is 10.2 Å². The molecule has 1 rings (SSSR count). The van der Waals surface area contributed by atoms with Gasteiger partial charge in [-0.1, -0.05) is 12.1 Å². The summed E-state index contributed by atoms with van der Waals surface area (Å²) in [5.41, 5.74) is 4.52. The van der Waals surface area contributed by atoms with Gasteiger partial charge in [-0.05, 0) is 43.0 Å². The van der Waals surface area contributed by atoms with Crippen LogP contribution < -0.4 is 4.72 Å². The van der Waals surface area contributed by atoms with E-state index in [1.807, 2.05) is 19.9 Å². The molecule has 0 heterocycles. The van der Waals surface area contributed by atoms with Crippen molar-refractivity contribution in [3.8, 4) is 0 Å². The molecular formula is C12H20N2O2S. The molecule has 1 aromatic rings. The number of aryl methyl sites for hydroxylation is 3. The first-order valence-electron chi connectivity index (χ1n) is 5.48. The van der Waals surface area contributed by atoms with Gasteiger partial charge in [0.05, 0.1) is 0 Å². The first-order chi connectivity index (χ1) is 7.74. The summed E-state index contributed by atoms with van der Waals surface area (Å²) < 4.78 is 26.9. The minimum absolute atomic E-state index is 0.327. The van der Waals surface area contributed by atoms with E-state index in [1.165, 1.54) is 29.5 Å². The topological polar surface area (TPSA) is 49.4 Å². The van der Waals surface area contributed by atoms with E-state index in [4.69, 9.17) is 0 Å². The molecule has 5 heteroatoms. The first kappa shape index (κ1) is 14.2. The molecule has 0 bridgehead atoms. The number of hydrogen-bond donors (Lipinski definition) is 1. The minimum atomic E-state index is -3.35. The third-order valence-electron chi connectivity index (χ3n) is 2.88. The van der Waals surface area contributed by atoms with Crippen LogP contribution in [0.4, 0.5) is 0 Å². The molecule has 0 fully saturated rings. The lowest BCUT2D eigenvalue weighted by Gasteiger charge is -2.14. The van der Waals surface area contributed by atoms with Crippen molar-refractivity contribution in [1.82, 2.24) is 9.03 Å². The van der Waals surface area contributed by atoms with Crippen LogP contribution in [0, 0.1) is 20.8 Å². The lowest BCUT2D eigenvalue weighted by atomic mass is 10.0. The van der Waals surface area contributed by atoms with E-state index in [0.29, 0.717) is 6.54 Å². The highest BCUT2D eigenvalue weighted by Crippen LogP contribution is 2.15. The van der Waals surface area contributed by atoms with Crippen molar-refractivity contribution < 1.29 is 8.42 Å². The lowest BCUT2D eigenvalue weighted by Crippen LogP contribution is -2.35. The maximum absolute atomic E-state index is 11.6. The van der Waals surface area contributed by atoms with Gasteiger partial charge in [0.15, 0.2) is 0 Å². The molecule has 0 spiro atoms. The van der Waals surface area contributed by atoms with E-state index in [9.17, 15) is 8.42 Å². The summed E-state index contributed by atoms with van der Waals surface area (Å²) in [4.78, 5) is 0. The molecule has 0 aliphatic heterocycles. The normalized spacial score (nSPS) is 12.1. The zero-order chi connectivity index (χ0) is 13.2. The number of nitrogens with zero attached hydrogens (tertiary/aromatic N) is 1. The van der Waals surface area contributed by atoms with Crippen molar-refractivity contribution in [2.75, 3.05) is 14.1 Å². The Morgan fingerprint density at radius 2 is 1.59 bits per heavy atom. The Morgan fingerprint density at radius 3 is 2.12 bits per heavy atom. The van der Waals surface area contributed by atoms with E-state index in [2.05, 4.69) is 17.7 Å². The summed E-state index contributed by atoms with van der Waals surface area (Å²) in [6, 6.07) is 4.11. The molecule has 0 aliphatic rings. The van der Waals surface area contributed by atoms with Crippen LogP contribution in [0.5, 0.6) is 0 Å². The van der Waals surface area contributed by atoms with Crippen LogP contribution >= 0.6 is 0 Å². The summed E-state index contributed by atoms with van der Waals surface area (Å²) in [6.07, 6.45) is 0. The van der Waals surface area contributed by atoms with Crippen LogP contribution in [-0.4, -0.2) is 26.8 Å². The monoisotopic (exact) mass is 256 g/mol. The summed E-state index contributed by atoms with van der Waals surface area (Å²) in [5.74, 6) is 0. The van der Waals surface area contributed by atoms with Gasteiger partial charge in [0.2, 0.25) is 0 Å². The highest BCUT2D eigenvalue weighted by atomic mass is 32.2. The smallest absolute Gasteiger partial charge is 0.198 e. The maximum atomic E-state index is 11.6. The Kier molecular flexibility index (Phi) is 4.30. The van der Waals surface area contributed by atoms with Crippen LogP contribution in [0.15, 0.2) is 12.1 Å². The van der Waals surface area contributed by atoms with Gasteiger partial charge >= 0.3 is 0 Å². The Morgan fingerprint density at radius 1 is 1.06 bits per heavy atom. The Labute approximate surface area is 104 Å². The average Bonchev–Trinajstić information content (AvgIpc) is 2.21. The molecule has 17 heavy (non-hydrogen) atoms. The van der Waals surface area contributed by atoms with E-state index in [-0.39, 0.29) is 0 Å². The van der Waals surface area contributed by atoms with Crippen LogP contribution in [0.3, 0.4) is 0 Å². The summed E-state index contributed by atoms with van der Waals surface area (Å²) in [7, 11) is -0.334. The standard InChI is InChI=1S/C12H20N2O2S/c1-9-6-11(3)12(7-10(9)2)8-13-17(15,16)14(4)5/h6-7,13H,8H2,1-5H3. The van der Waals surface area contributed by atoms with Gasteiger partial charge in [-0.25, -0.2) is 0 Å². The van der Waals surface area contributed by atoms with Crippen molar-refractivity contribution in [1.29, 1.82) is 0 Å². The molecule has 1 N–H and O–H groups in total. The predicted molar refractivity (Wildman–Crippen MR) is 70.1 cm³/mol. The minimum Gasteiger partial charge on any atom is -0.198 e. The molecule has 0 unspecified atom stereocenters. The van der Waals surface area contributed by atoms with Crippen LogP contribution in [0.25, 0.3) is 0 Å². The highest BCUT2D eigenvalue weighted by molar-refractivity contribution is 7.87. The second-order valence-electron chi connectivity index (χ2n) is 4.47. The van der Waals surface area contributed by atoms with E-state index < -0.39 is 10.2 Å². The fourth-order valence-electron chi connectivity index (χ4n) is 1.51. The predicted octanol–water partition coefficient (Wildman–Crippen LogP) is 1.51. The first-order valence-corrected chi connectivity index (χ1v) is 6.92. The molecule has 96 valence electrons. The van der Waals surface area contributed by atoms with Gasteiger partial charge in [-0.15, -0.1) is 0 Å². The van der Waals surface area contributed by atoms with E-state index in [1.54, 1.807) is 0 Å². The highest BCUT2D eigenvalue weighted by Gasteiger charge is 2.13. The van der Waals surface area contributed by atoms with Crippen molar-refractivity contribution in [2.24, 2.45) is 0 Å². The largest absolute Gasteiger partial charge is 0.279 e. The molecule has 0 aromatic heterocycles. The van der Waals surface area contributed by atoms with Crippen LogP contribution in [-0.2, 0) is 16.8 Å².